The predicted molar refractivity (Wildman–Crippen MR) is 83.9 cm³/mol. The van der Waals surface area contributed by atoms with Gasteiger partial charge in [0.2, 0.25) is 5.91 Å². The third kappa shape index (κ3) is 4.85. The molecular formula is C16H26N2O2. The van der Waals surface area contributed by atoms with Crippen molar-refractivity contribution in [2.75, 3.05) is 23.8 Å². The Balaban J connectivity index is 2.57. The maximum Gasteiger partial charge on any atom is 0.226 e. The Morgan fingerprint density at radius 1 is 1.25 bits per heavy atom. The Bertz CT molecular complexity index is 423. The topological polar surface area (TPSA) is 61.4 Å². The molecule has 1 amide bonds. The molecule has 1 atom stereocenters. The second-order valence-corrected chi connectivity index (χ2v) is 5.90. The van der Waals surface area contributed by atoms with Gasteiger partial charge >= 0.3 is 0 Å². The summed E-state index contributed by atoms with van der Waals surface area (Å²) >= 11 is 0. The molecule has 0 spiro atoms. The first-order valence-corrected chi connectivity index (χ1v) is 7.16. The molecule has 4 nitrogen and oxygen atoms in total. The van der Waals surface area contributed by atoms with Gasteiger partial charge in [0.15, 0.2) is 0 Å². The van der Waals surface area contributed by atoms with Crippen molar-refractivity contribution in [2.24, 2.45) is 11.3 Å². The summed E-state index contributed by atoms with van der Waals surface area (Å²) < 4.78 is 0. The maximum absolute atomic E-state index is 11.6. The average Bonchev–Trinajstić information content (AvgIpc) is 2.46. The van der Waals surface area contributed by atoms with Crippen LogP contribution in [0.1, 0.15) is 34.1 Å². The zero-order valence-electron chi connectivity index (χ0n) is 12.9. The van der Waals surface area contributed by atoms with E-state index in [0.717, 1.165) is 24.3 Å². The molecule has 0 radical (unpaired) electrons. The van der Waals surface area contributed by atoms with Crippen LogP contribution in [0.2, 0.25) is 0 Å². The molecule has 20 heavy (non-hydrogen) atoms. The monoisotopic (exact) mass is 278 g/mol. The quantitative estimate of drug-likeness (QED) is 0.718. The summed E-state index contributed by atoms with van der Waals surface area (Å²) in [5.41, 5.74) is 1.68. The van der Waals surface area contributed by atoms with E-state index in [4.69, 9.17) is 0 Å². The molecule has 0 aliphatic rings. The van der Waals surface area contributed by atoms with E-state index < -0.39 is 0 Å². The third-order valence-electron chi connectivity index (χ3n) is 3.63. The lowest BCUT2D eigenvalue weighted by atomic mass is 9.88. The number of carbonyl (C=O) groups excluding carboxylic acids is 1. The Labute approximate surface area is 121 Å². The molecule has 1 rings (SSSR count). The van der Waals surface area contributed by atoms with Crippen LogP contribution in [0.5, 0.6) is 0 Å². The zero-order chi connectivity index (χ0) is 15.2. The zero-order valence-corrected chi connectivity index (χ0v) is 12.9. The molecule has 0 aromatic heterocycles. The van der Waals surface area contributed by atoms with E-state index in [0.29, 0.717) is 0 Å². The van der Waals surface area contributed by atoms with E-state index in [2.05, 4.69) is 24.5 Å². The van der Waals surface area contributed by atoms with E-state index in [1.54, 1.807) is 0 Å². The summed E-state index contributed by atoms with van der Waals surface area (Å²) in [7, 11) is 0. The van der Waals surface area contributed by atoms with E-state index in [1.807, 2.05) is 38.1 Å². The van der Waals surface area contributed by atoms with Gasteiger partial charge in [0.05, 0.1) is 6.61 Å². The molecule has 112 valence electrons. The fourth-order valence-corrected chi connectivity index (χ4v) is 1.57. The molecular weight excluding hydrogens is 252 g/mol. The molecule has 1 aromatic carbocycles. The minimum absolute atomic E-state index is 0.0181. The Morgan fingerprint density at radius 2 is 1.80 bits per heavy atom. The number of aliphatic hydroxyl groups excluding tert-OH is 1. The number of hydrogen-bond acceptors (Lipinski definition) is 3. The molecule has 0 aliphatic carbocycles. The van der Waals surface area contributed by atoms with Crippen LogP contribution in [0.3, 0.4) is 0 Å². The molecule has 0 saturated heterocycles. The van der Waals surface area contributed by atoms with Crippen LogP contribution in [-0.2, 0) is 4.79 Å². The van der Waals surface area contributed by atoms with Crippen molar-refractivity contribution in [3.05, 3.63) is 24.3 Å². The number of amides is 1. The minimum atomic E-state index is -0.107. The maximum atomic E-state index is 11.6. The number of hydrogen-bond donors (Lipinski definition) is 3. The summed E-state index contributed by atoms with van der Waals surface area (Å²) in [6.45, 7) is 8.74. The summed E-state index contributed by atoms with van der Waals surface area (Å²) in [4.78, 5) is 11.6. The van der Waals surface area contributed by atoms with Crippen molar-refractivity contribution in [1.82, 2.24) is 0 Å². The highest BCUT2D eigenvalue weighted by Gasteiger charge is 2.20. The van der Waals surface area contributed by atoms with Gasteiger partial charge < -0.3 is 15.7 Å². The SMILES string of the molecule is CCC(C)(CO)CNc1ccc(NC(=O)C(C)C)cc1. The summed E-state index contributed by atoms with van der Waals surface area (Å²) in [5.74, 6) is -0.00725. The van der Waals surface area contributed by atoms with Crippen LogP contribution in [0.15, 0.2) is 24.3 Å². The first-order valence-electron chi connectivity index (χ1n) is 7.16. The largest absolute Gasteiger partial charge is 0.396 e. The highest BCUT2D eigenvalue weighted by molar-refractivity contribution is 5.92. The lowest BCUT2D eigenvalue weighted by molar-refractivity contribution is -0.118. The molecule has 0 aliphatic heterocycles. The molecule has 1 aromatic rings. The van der Waals surface area contributed by atoms with Crippen LogP contribution < -0.4 is 10.6 Å². The molecule has 0 saturated carbocycles. The number of benzene rings is 1. The van der Waals surface area contributed by atoms with Crippen molar-refractivity contribution in [2.45, 2.75) is 34.1 Å². The van der Waals surface area contributed by atoms with Crippen LogP contribution >= 0.6 is 0 Å². The van der Waals surface area contributed by atoms with Crippen LogP contribution in [0.25, 0.3) is 0 Å². The van der Waals surface area contributed by atoms with Gasteiger partial charge in [-0.05, 0) is 30.7 Å². The van der Waals surface area contributed by atoms with Gasteiger partial charge in [-0.1, -0.05) is 27.7 Å². The number of aliphatic hydroxyl groups is 1. The predicted octanol–water partition coefficient (Wildman–Crippen LogP) is 3.10. The smallest absolute Gasteiger partial charge is 0.226 e. The van der Waals surface area contributed by atoms with Gasteiger partial charge in [-0.15, -0.1) is 0 Å². The molecule has 0 bridgehead atoms. The third-order valence-corrected chi connectivity index (χ3v) is 3.63. The van der Waals surface area contributed by atoms with Gasteiger partial charge in [-0.2, -0.15) is 0 Å². The van der Waals surface area contributed by atoms with Gasteiger partial charge in [0, 0.05) is 29.3 Å². The van der Waals surface area contributed by atoms with E-state index in [-0.39, 0.29) is 23.8 Å². The minimum Gasteiger partial charge on any atom is -0.396 e. The molecule has 3 N–H and O–H groups in total. The van der Waals surface area contributed by atoms with Gasteiger partial charge in [0.1, 0.15) is 0 Å². The van der Waals surface area contributed by atoms with Crippen molar-refractivity contribution in [3.63, 3.8) is 0 Å². The molecule has 0 heterocycles. The fraction of sp³-hybridized carbons (Fsp3) is 0.562. The fourth-order valence-electron chi connectivity index (χ4n) is 1.57. The van der Waals surface area contributed by atoms with Gasteiger partial charge in [-0.25, -0.2) is 0 Å². The van der Waals surface area contributed by atoms with Crippen molar-refractivity contribution in [1.29, 1.82) is 0 Å². The highest BCUT2D eigenvalue weighted by Crippen LogP contribution is 2.22. The lowest BCUT2D eigenvalue weighted by Gasteiger charge is -2.26. The first-order chi connectivity index (χ1) is 9.40. The normalized spacial score (nSPS) is 13.9. The van der Waals surface area contributed by atoms with E-state index in [9.17, 15) is 9.90 Å². The van der Waals surface area contributed by atoms with Crippen molar-refractivity contribution in [3.8, 4) is 0 Å². The Kier molecular flexibility index (Phi) is 6.02. The second kappa shape index (κ2) is 7.29. The second-order valence-electron chi connectivity index (χ2n) is 5.90. The number of rotatable bonds is 7. The molecule has 1 unspecified atom stereocenters. The van der Waals surface area contributed by atoms with Gasteiger partial charge in [-0.3, -0.25) is 4.79 Å². The van der Waals surface area contributed by atoms with Crippen LogP contribution in [-0.4, -0.2) is 24.2 Å². The average molecular weight is 278 g/mol. The lowest BCUT2D eigenvalue weighted by Crippen LogP contribution is -2.29. The Morgan fingerprint density at radius 3 is 2.25 bits per heavy atom. The van der Waals surface area contributed by atoms with Crippen molar-refractivity contribution >= 4 is 17.3 Å². The van der Waals surface area contributed by atoms with E-state index in [1.165, 1.54) is 0 Å². The van der Waals surface area contributed by atoms with Crippen LogP contribution in [0.4, 0.5) is 11.4 Å². The van der Waals surface area contributed by atoms with Crippen LogP contribution in [0, 0.1) is 11.3 Å². The number of nitrogens with one attached hydrogen (secondary N) is 2. The Hall–Kier alpha value is -1.55. The number of carbonyl (C=O) groups is 1. The molecule has 0 fully saturated rings. The standard InChI is InChI=1S/C16H26N2O2/c1-5-16(4,11-19)10-17-13-6-8-14(9-7-13)18-15(20)12(2)3/h6-9,12,17,19H,5,10-11H2,1-4H3,(H,18,20). The summed E-state index contributed by atoms with van der Waals surface area (Å²) in [6, 6.07) is 7.63. The van der Waals surface area contributed by atoms with Crippen molar-refractivity contribution < 1.29 is 9.90 Å². The highest BCUT2D eigenvalue weighted by atomic mass is 16.3. The van der Waals surface area contributed by atoms with Gasteiger partial charge in [0.25, 0.3) is 0 Å². The molecule has 4 heteroatoms. The van der Waals surface area contributed by atoms with E-state index >= 15 is 0 Å². The number of anilines is 2. The first kappa shape index (κ1) is 16.5. The summed E-state index contributed by atoms with van der Waals surface area (Å²) in [5, 5.41) is 15.5. The summed E-state index contributed by atoms with van der Waals surface area (Å²) in [6.07, 6.45) is 0.916.